The van der Waals surface area contributed by atoms with Gasteiger partial charge in [0.25, 0.3) is 0 Å². The number of nitrogens with zero attached hydrogens (tertiary/aromatic N) is 1. The van der Waals surface area contributed by atoms with E-state index in [2.05, 4.69) is 45.9 Å². The van der Waals surface area contributed by atoms with E-state index in [1.807, 2.05) is 7.05 Å². The number of benzene rings is 1. The maximum absolute atomic E-state index is 11.8. The Labute approximate surface area is 116 Å². The largest absolute Gasteiger partial charge is 0.341 e. The van der Waals surface area contributed by atoms with E-state index >= 15 is 0 Å². The molecule has 0 saturated heterocycles. The Morgan fingerprint density at radius 1 is 1.32 bits per heavy atom. The lowest BCUT2D eigenvalue weighted by molar-refractivity contribution is -0.130. The first-order valence-corrected chi connectivity index (χ1v) is 6.79. The fourth-order valence-electron chi connectivity index (χ4n) is 1.97. The molecule has 0 atom stereocenters. The Morgan fingerprint density at radius 3 is 2.47 bits per heavy atom. The van der Waals surface area contributed by atoms with Crippen LogP contribution in [0.25, 0.3) is 0 Å². The zero-order valence-corrected chi connectivity index (χ0v) is 12.8. The third kappa shape index (κ3) is 4.35. The van der Waals surface area contributed by atoms with E-state index in [1.54, 1.807) is 4.90 Å². The van der Waals surface area contributed by atoms with E-state index in [4.69, 9.17) is 5.73 Å². The monoisotopic (exact) mass is 262 g/mol. The summed E-state index contributed by atoms with van der Waals surface area (Å²) in [7, 11) is 1.83. The van der Waals surface area contributed by atoms with E-state index < -0.39 is 0 Å². The Hall–Kier alpha value is -1.35. The normalized spacial score (nSPS) is 11.5. The highest BCUT2D eigenvalue weighted by Gasteiger charge is 2.16. The highest BCUT2D eigenvalue weighted by molar-refractivity contribution is 5.76. The summed E-state index contributed by atoms with van der Waals surface area (Å²) in [6.07, 6.45) is 0.411. The minimum absolute atomic E-state index is 0.100. The van der Waals surface area contributed by atoms with Gasteiger partial charge in [-0.2, -0.15) is 0 Å². The van der Waals surface area contributed by atoms with Gasteiger partial charge < -0.3 is 10.6 Å². The summed E-state index contributed by atoms with van der Waals surface area (Å²) in [4.78, 5) is 13.5. The lowest BCUT2D eigenvalue weighted by Crippen LogP contribution is -2.28. The Balaban J connectivity index is 2.91. The molecule has 0 aromatic heterocycles. The van der Waals surface area contributed by atoms with Gasteiger partial charge in [0.1, 0.15) is 0 Å². The van der Waals surface area contributed by atoms with Crippen LogP contribution in [0.2, 0.25) is 0 Å². The van der Waals surface area contributed by atoms with Crippen molar-refractivity contribution in [3.8, 4) is 0 Å². The number of aryl methyl sites for hydroxylation is 1. The number of hydrogen-bond donors (Lipinski definition) is 1. The van der Waals surface area contributed by atoms with Gasteiger partial charge in [0.05, 0.1) is 0 Å². The third-order valence-electron chi connectivity index (χ3n) is 3.41. The number of rotatable bonds is 4. The standard InChI is InChI=1S/C16H26N2O/c1-12-6-7-14(16(2,3)4)10-13(12)11-18(5)15(19)8-9-17/h6-7,10H,8-9,11,17H2,1-5H3. The molecule has 0 spiro atoms. The van der Waals surface area contributed by atoms with E-state index in [0.717, 1.165) is 0 Å². The summed E-state index contributed by atoms with van der Waals surface area (Å²) in [6, 6.07) is 6.51. The van der Waals surface area contributed by atoms with Crippen molar-refractivity contribution in [1.82, 2.24) is 4.90 Å². The van der Waals surface area contributed by atoms with Gasteiger partial charge in [-0.25, -0.2) is 0 Å². The highest BCUT2D eigenvalue weighted by Crippen LogP contribution is 2.25. The van der Waals surface area contributed by atoms with Gasteiger partial charge in [-0.15, -0.1) is 0 Å². The third-order valence-corrected chi connectivity index (χ3v) is 3.41. The predicted octanol–water partition coefficient (Wildman–Crippen LogP) is 2.60. The molecule has 19 heavy (non-hydrogen) atoms. The van der Waals surface area contributed by atoms with Gasteiger partial charge >= 0.3 is 0 Å². The molecular formula is C16H26N2O. The smallest absolute Gasteiger partial charge is 0.223 e. The lowest BCUT2D eigenvalue weighted by atomic mass is 9.85. The minimum atomic E-state index is 0.100. The van der Waals surface area contributed by atoms with Gasteiger partial charge in [-0.1, -0.05) is 39.0 Å². The van der Waals surface area contributed by atoms with Crippen molar-refractivity contribution in [1.29, 1.82) is 0 Å². The van der Waals surface area contributed by atoms with Crippen LogP contribution in [0.5, 0.6) is 0 Å². The average Bonchev–Trinajstić information content (AvgIpc) is 2.30. The molecule has 1 rings (SSSR count). The molecule has 3 heteroatoms. The van der Waals surface area contributed by atoms with Crippen molar-refractivity contribution in [3.05, 3.63) is 34.9 Å². The first-order chi connectivity index (χ1) is 8.75. The zero-order chi connectivity index (χ0) is 14.6. The van der Waals surface area contributed by atoms with Crippen LogP contribution in [0, 0.1) is 6.92 Å². The Bertz CT molecular complexity index is 447. The summed E-state index contributed by atoms with van der Waals surface area (Å²) in [5.41, 5.74) is 9.28. The molecule has 0 heterocycles. The van der Waals surface area contributed by atoms with Crippen LogP contribution in [-0.2, 0) is 16.8 Å². The van der Waals surface area contributed by atoms with E-state index in [9.17, 15) is 4.79 Å². The molecule has 0 unspecified atom stereocenters. The molecule has 106 valence electrons. The van der Waals surface area contributed by atoms with Gasteiger partial charge in [-0.3, -0.25) is 4.79 Å². The van der Waals surface area contributed by atoms with Gasteiger partial charge in [0.2, 0.25) is 5.91 Å². The van der Waals surface area contributed by atoms with Crippen molar-refractivity contribution in [2.24, 2.45) is 5.73 Å². The van der Waals surface area contributed by atoms with Crippen LogP contribution in [0.15, 0.2) is 18.2 Å². The first kappa shape index (κ1) is 15.7. The molecule has 0 saturated carbocycles. The molecule has 3 nitrogen and oxygen atoms in total. The number of hydrogen-bond acceptors (Lipinski definition) is 2. The van der Waals surface area contributed by atoms with Crippen LogP contribution in [-0.4, -0.2) is 24.4 Å². The number of amides is 1. The lowest BCUT2D eigenvalue weighted by Gasteiger charge is -2.23. The molecule has 1 aromatic carbocycles. The van der Waals surface area contributed by atoms with Crippen molar-refractivity contribution in [3.63, 3.8) is 0 Å². The summed E-state index contributed by atoms with van der Waals surface area (Å²) in [5.74, 6) is 0.100. The maximum atomic E-state index is 11.8. The Kier molecular flexibility index (Phi) is 5.12. The molecule has 0 aliphatic rings. The fraction of sp³-hybridized carbons (Fsp3) is 0.562. The van der Waals surface area contributed by atoms with Crippen molar-refractivity contribution < 1.29 is 4.79 Å². The van der Waals surface area contributed by atoms with Crippen LogP contribution in [0.1, 0.15) is 43.9 Å². The van der Waals surface area contributed by atoms with E-state index in [1.165, 1.54) is 16.7 Å². The molecule has 1 aromatic rings. The predicted molar refractivity (Wildman–Crippen MR) is 80.0 cm³/mol. The van der Waals surface area contributed by atoms with E-state index in [-0.39, 0.29) is 11.3 Å². The number of carbonyl (C=O) groups excluding carboxylic acids is 1. The fourth-order valence-corrected chi connectivity index (χ4v) is 1.97. The maximum Gasteiger partial charge on any atom is 0.223 e. The molecule has 2 N–H and O–H groups in total. The van der Waals surface area contributed by atoms with Crippen LogP contribution < -0.4 is 5.73 Å². The topological polar surface area (TPSA) is 46.3 Å². The van der Waals surface area contributed by atoms with Gasteiger partial charge in [-0.05, 0) is 29.0 Å². The summed E-state index contributed by atoms with van der Waals surface area (Å²) < 4.78 is 0. The zero-order valence-electron chi connectivity index (χ0n) is 12.8. The number of carbonyl (C=O) groups is 1. The second-order valence-corrected chi connectivity index (χ2v) is 6.18. The molecule has 0 aliphatic carbocycles. The SMILES string of the molecule is Cc1ccc(C(C)(C)C)cc1CN(C)C(=O)CCN. The van der Waals surface area contributed by atoms with Gasteiger partial charge in [0.15, 0.2) is 0 Å². The van der Waals surface area contributed by atoms with E-state index in [0.29, 0.717) is 19.5 Å². The molecule has 0 fully saturated rings. The first-order valence-electron chi connectivity index (χ1n) is 6.79. The molecule has 0 aliphatic heterocycles. The van der Waals surface area contributed by atoms with Crippen molar-refractivity contribution in [2.75, 3.05) is 13.6 Å². The summed E-state index contributed by atoms with van der Waals surface area (Å²) in [6.45, 7) is 9.74. The van der Waals surface area contributed by atoms with Crippen LogP contribution in [0.4, 0.5) is 0 Å². The minimum Gasteiger partial charge on any atom is -0.341 e. The number of nitrogens with two attached hydrogens (primary N) is 1. The molecule has 0 bridgehead atoms. The summed E-state index contributed by atoms with van der Waals surface area (Å²) in [5, 5.41) is 0. The second-order valence-electron chi connectivity index (χ2n) is 6.18. The van der Waals surface area contributed by atoms with Gasteiger partial charge in [0, 0.05) is 26.6 Å². The summed E-state index contributed by atoms with van der Waals surface area (Å²) >= 11 is 0. The highest BCUT2D eigenvalue weighted by atomic mass is 16.2. The second kappa shape index (κ2) is 6.20. The molecule has 0 radical (unpaired) electrons. The Morgan fingerprint density at radius 2 is 1.95 bits per heavy atom. The van der Waals surface area contributed by atoms with Crippen LogP contribution >= 0.6 is 0 Å². The van der Waals surface area contributed by atoms with Crippen LogP contribution in [0.3, 0.4) is 0 Å². The molecule has 1 amide bonds. The van der Waals surface area contributed by atoms with Crippen molar-refractivity contribution in [2.45, 2.75) is 46.1 Å². The average molecular weight is 262 g/mol. The molecular weight excluding hydrogens is 236 g/mol. The van der Waals surface area contributed by atoms with Crippen molar-refractivity contribution >= 4 is 5.91 Å². The quantitative estimate of drug-likeness (QED) is 0.906.